The van der Waals surface area contributed by atoms with Gasteiger partial charge in [0.15, 0.2) is 5.43 Å². The number of rotatable bonds is 3. The first kappa shape index (κ1) is 13.1. The topological polar surface area (TPSA) is 65.7 Å². The maximum Gasteiger partial charge on any atom is 0.374 e. The van der Waals surface area contributed by atoms with Gasteiger partial charge in [0.2, 0.25) is 5.76 Å². The fourth-order valence-corrected chi connectivity index (χ4v) is 1.81. The highest BCUT2D eigenvalue weighted by Gasteiger charge is 2.14. The average molecular weight is 262 g/mol. The van der Waals surface area contributed by atoms with Crippen molar-refractivity contribution in [3.8, 4) is 5.75 Å². The molecule has 0 unspecified atom stereocenters. The Morgan fingerprint density at radius 3 is 2.68 bits per heavy atom. The molecule has 0 saturated carbocycles. The van der Waals surface area contributed by atoms with Crippen LogP contribution in [0.1, 0.15) is 23.0 Å². The van der Waals surface area contributed by atoms with Crippen LogP contribution in [0.3, 0.4) is 0 Å². The van der Waals surface area contributed by atoms with Crippen LogP contribution in [0.25, 0.3) is 11.0 Å². The number of fused-ring (bicyclic) bond motifs is 1. The van der Waals surface area contributed by atoms with E-state index in [2.05, 4.69) is 0 Å². The van der Waals surface area contributed by atoms with E-state index in [4.69, 9.17) is 13.9 Å². The Hall–Kier alpha value is -2.30. The summed E-state index contributed by atoms with van der Waals surface area (Å²) in [6.45, 7) is 3.74. The summed E-state index contributed by atoms with van der Waals surface area (Å²) in [4.78, 5) is 23.5. The van der Waals surface area contributed by atoms with Crippen molar-refractivity contribution >= 4 is 16.9 Å². The van der Waals surface area contributed by atoms with E-state index in [1.54, 1.807) is 19.1 Å². The van der Waals surface area contributed by atoms with Gasteiger partial charge in [-0.15, -0.1) is 0 Å². The average Bonchev–Trinajstić information content (AvgIpc) is 2.38. The summed E-state index contributed by atoms with van der Waals surface area (Å²) in [5.41, 5.74) is 0.857. The zero-order valence-corrected chi connectivity index (χ0v) is 11.0. The van der Waals surface area contributed by atoms with Crippen LogP contribution >= 0.6 is 0 Å². The highest BCUT2D eigenvalue weighted by molar-refractivity contribution is 5.89. The third-order valence-corrected chi connectivity index (χ3v) is 2.72. The molecule has 1 aromatic carbocycles. The standard InChI is InChI=1S/C14H14O5/c1-4-18-14(16)13-7-10(15)9-6-11(17-3)8(2)5-12(9)19-13/h5-7H,4H2,1-3H3. The highest BCUT2D eigenvalue weighted by atomic mass is 16.5. The fraction of sp³-hybridized carbons (Fsp3) is 0.286. The van der Waals surface area contributed by atoms with Gasteiger partial charge < -0.3 is 13.9 Å². The first-order valence-corrected chi connectivity index (χ1v) is 5.86. The van der Waals surface area contributed by atoms with Crippen molar-refractivity contribution in [2.75, 3.05) is 13.7 Å². The summed E-state index contributed by atoms with van der Waals surface area (Å²) in [7, 11) is 1.53. The molecule has 2 rings (SSSR count). The lowest BCUT2D eigenvalue weighted by molar-refractivity contribution is 0.0490. The number of hydrogen-bond donors (Lipinski definition) is 0. The molecule has 0 amide bonds. The minimum Gasteiger partial charge on any atom is -0.496 e. The smallest absolute Gasteiger partial charge is 0.374 e. The first-order valence-electron chi connectivity index (χ1n) is 5.86. The molecule has 0 fully saturated rings. The Kier molecular flexibility index (Phi) is 3.55. The van der Waals surface area contributed by atoms with E-state index in [1.807, 2.05) is 6.92 Å². The van der Waals surface area contributed by atoms with Gasteiger partial charge in [0, 0.05) is 6.07 Å². The Labute approximate surface area is 109 Å². The number of carbonyl (C=O) groups excluding carboxylic acids is 1. The van der Waals surface area contributed by atoms with E-state index in [1.165, 1.54) is 7.11 Å². The third-order valence-electron chi connectivity index (χ3n) is 2.72. The van der Waals surface area contributed by atoms with E-state index < -0.39 is 5.97 Å². The van der Waals surface area contributed by atoms with E-state index in [-0.39, 0.29) is 17.8 Å². The minimum atomic E-state index is -0.644. The van der Waals surface area contributed by atoms with Gasteiger partial charge in [-0.2, -0.15) is 0 Å². The van der Waals surface area contributed by atoms with Crippen LogP contribution in [0.5, 0.6) is 5.75 Å². The van der Waals surface area contributed by atoms with Gasteiger partial charge in [-0.3, -0.25) is 4.79 Å². The van der Waals surface area contributed by atoms with Crippen LogP contribution in [-0.2, 0) is 4.74 Å². The van der Waals surface area contributed by atoms with Gasteiger partial charge in [0.05, 0.1) is 19.1 Å². The number of ether oxygens (including phenoxy) is 2. The van der Waals surface area contributed by atoms with Crippen molar-refractivity contribution in [1.82, 2.24) is 0 Å². The van der Waals surface area contributed by atoms with Gasteiger partial charge in [-0.1, -0.05) is 0 Å². The molecule has 0 spiro atoms. The van der Waals surface area contributed by atoms with Gasteiger partial charge in [0.1, 0.15) is 11.3 Å². The molecule has 1 heterocycles. The van der Waals surface area contributed by atoms with Crippen molar-refractivity contribution < 1.29 is 18.7 Å². The zero-order valence-electron chi connectivity index (χ0n) is 11.0. The number of hydrogen-bond acceptors (Lipinski definition) is 5. The van der Waals surface area contributed by atoms with E-state index in [0.29, 0.717) is 16.7 Å². The summed E-state index contributed by atoms with van der Waals surface area (Å²) in [6.07, 6.45) is 0. The predicted molar refractivity (Wildman–Crippen MR) is 69.7 cm³/mol. The van der Waals surface area contributed by atoms with Crippen LogP contribution in [0.2, 0.25) is 0 Å². The summed E-state index contributed by atoms with van der Waals surface area (Å²) < 4.78 is 15.4. The van der Waals surface area contributed by atoms with Gasteiger partial charge in [0.25, 0.3) is 0 Å². The Balaban J connectivity index is 2.64. The monoisotopic (exact) mass is 262 g/mol. The molecule has 0 aliphatic carbocycles. The largest absolute Gasteiger partial charge is 0.496 e. The molecule has 2 aromatic rings. The third kappa shape index (κ3) is 2.45. The molecule has 0 bridgehead atoms. The molecule has 1 aromatic heterocycles. The molecular formula is C14H14O5. The van der Waals surface area contributed by atoms with Crippen molar-refractivity contribution in [2.45, 2.75) is 13.8 Å². The maximum atomic E-state index is 12.0. The van der Waals surface area contributed by atoms with E-state index in [9.17, 15) is 9.59 Å². The first-order chi connectivity index (χ1) is 9.06. The SMILES string of the molecule is CCOC(=O)c1cc(=O)c2cc(OC)c(C)cc2o1. The van der Waals surface area contributed by atoms with Crippen molar-refractivity contribution in [2.24, 2.45) is 0 Å². The van der Waals surface area contributed by atoms with Crippen LogP contribution in [0.15, 0.2) is 27.4 Å². The number of methoxy groups -OCH3 is 1. The Morgan fingerprint density at radius 2 is 2.05 bits per heavy atom. The second-order valence-corrected chi connectivity index (χ2v) is 4.01. The number of aryl methyl sites for hydroxylation is 1. The molecule has 19 heavy (non-hydrogen) atoms. The summed E-state index contributed by atoms with van der Waals surface area (Å²) in [5.74, 6) is -0.137. The molecule has 0 N–H and O–H groups in total. The van der Waals surface area contributed by atoms with Gasteiger partial charge in [-0.05, 0) is 31.5 Å². The van der Waals surface area contributed by atoms with Crippen LogP contribution in [0, 0.1) is 6.92 Å². The van der Waals surface area contributed by atoms with E-state index in [0.717, 1.165) is 11.6 Å². The molecule has 0 atom stereocenters. The van der Waals surface area contributed by atoms with Crippen molar-refractivity contribution in [1.29, 1.82) is 0 Å². The molecular weight excluding hydrogens is 248 g/mol. The summed E-state index contributed by atoms with van der Waals surface area (Å²) in [5, 5.41) is 0.371. The highest BCUT2D eigenvalue weighted by Crippen LogP contribution is 2.24. The van der Waals surface area contributed by atoms with E-state index >= 15 is 0 Å². The quantitative estimate of drug-likeness (QED) is 0.794. The Morgan fingerprint density at radius 1 is 1.32 bits per heavy atom. The minimum absolute atomic E-state index is 0.0936. The normalized spacial score (nSPS) is 10.5. The molecule has 0 saturated heterocycles. The second kappa shape index (κ2) is 5.14. The molecule has 5 nitrogen and oxygen atoms in total. The molecule has 0 aliphatic heterocycles. The van der Waals surface area contributed by atoms with Gasteiger partial charge in [-0.25, -0.2) is 4.79 Å². The summed E-state index contributed by atoms with van der Waals surface area (Å²) >= 11 is 0. The summed E-state index contributed by atoms with van der Waals surface area (Å²) in [6, 6.07) is 4.40. The molecule has 5 heteroatoms. The van der Waals surface area contributed by atoms with Crippen molar-refractivity contribution in [3.63, 3.8) is 0 Å². The second-order valence-electron chi connectivity index (χ2n) is 4.01. The lowest BCUT2D eigenvalue weighted by Gasteiger charge is -2.07. The lowest BCUT2D eigenvalue weighted by Crippen LogP contribution is -2.10. The maximum absolute atomic E-state index is 12.0. The molecule has 0 radical (unpaired) electrons. The lowest BCUT2D eigenvalue weighted by atomic mass is 10.1. The molecule has 100 valence electrons. The van der Waals surface area contributed by atoms with Crippen molar-refractivity contribution in [3.05, 3.63) is 39.7 Å². The van der Waals surface area contributed by atoms with Crippen LogP contribution in [-0.4, -0.2) is 19.7 Å². The van der Waals surface area contributed by atoms with Gasteiger partial charge >= 0.3 is 5.97 Å². The zero-order chi connectivity index (χ0) is 14.0. The number of esters is 1. The Bertz CT molecular complexity index is 684. The molecule has 0 aliphatic rings. The fourth-order valence-electron chi connectivity index (χ4n) is 1.81. The predicted octanol–water partition coefficient (Wildman–Crippen LogP) is 2.29. The number of carbonyl (C=O) groups is 1. The number of benzene rings is 1. The van der Waals surface area contributed by atoms with Crippen LogP contribution in [0.4, 0.5) is 0 Å². The van der Waals surface area contributed by atoms with Crippen LogP contribution < -0.4 is 10.2 Å².